The number of rotatable bonds is 7. The Morgan fingerprint density at radius 3 is 2.50 bits per heavy atom. The third-order valence-electron chi connectivity index (χ3n) is 4.05. The molecule has 4 rings (SSSR count). The summed E-state index contributed by atoms with van der Waals surface area (Å²) in [6.45, 7) is 1.55. The predicted molar refractivity (Wildman–Crippen MR) is 120 cm³/mol. The molecule has 3 aromatic heterocycles. The molecule has 0 aliphatic rings. The van der Waals surface area contributed by atoms with Crippen molar-refractivity contribution < 1.29 is 14.3 Å². The number of carbonyl (C=O) groups is 2. The molecule has 1 amide bonds. The number of para-hydroxylation sites is 1. The lowest BCUT2D eigenvalue weighted by Gasteiger charge is -2.17. The Morgan fingerprint density at radius 1 is 0.967 bits per heavy atom. The fraction of sp³-hybridized carbons (Fsp3) is 0.143. The number of nitrogens with zero attached hydrogens (tertiary/aromatic N) is 3. The molecule has 0 atom stereocenters. The largest absolute Gasteiger partial charge is 0.459 e. The molecule has 3 heterocycles. The lowest BCUT2D eigenvalue weighted by atomic mass is 10.3. The minimum absolute atomic E-state index is 0.0534. The summed E-state index contributed by atoms with van der Waals surface area (Å²) in [5.41, 5.74) is 2.04. The number of carbonyl (C=O) groups excluding carboxylic acids is 2. The van der Waals surface area contributed by atoms with Crippen molar-refractivity contribution >= 4 is 56.7 Å². The molecule has 0 saturated carbocycles. The number of aromatic nitrogens is 2. The number of esters is 1. The highest BCUT2D eigenvalue weighted by Crippen LogP contribution is 2.29. The highest BCUT2D eigenvalue weighted by Gasteiger charge is 2.18. The molecule has 0 N–H and O–H groups in total. The van der Waals surface area contributed by atoms with Crippen molar-refractivity contribution in [3.8, 4) is 9.88 Å². The number of anilines is 2. The van der Waals surface area contributed by atoms with Crippen LogP contribution in [0.5, 0.6) is 0 Å². The lowest BCUT2D eigenvalue weighted by Crippen LogP contribution is -2.22. The van der Waals surface area contributed by atoms with Crippen molar-refractivity contribution in [1.29, 1.82) is 0 Å². The first-order valence-electron chi connectivity index (χ1n) is 9.04. The smallest absolute Gasteiger partial charge is 0.312 e. The Morgan fingerprint density at radius 2 is 1.77 bits per heavy atom. The molecular weight excluding hydrogens is 438 g/mol. The molecule has 6 nitrogen and oxygen atoms in total. The van der Waals surface area contributed by atoms with Crippen LogP contribution in [0.3, 0.4) is 0 Å². The SMILES string of the molecule is CC(=O)N(c1ccccc1)c1nc(COC(=O)Cc2csc(-c3cccs3)n2)cs1. The van der Waals surface area contributed by atoms with Crippen molar-refractivity contribution in [2.45, 2.75) is 20.0 Å². The minimum atomic E-state index is -0.362. The summed E-state index contributed by atoms with van der Waals surface area (Å²) >= 11 is 4.46. The maximum absolute atomic E-state index is 12.2. The van der Waals surface area contributed by atoms with E-state index in [-0.39, 0.29) is 24.9 Å². The van der Waals surface area contributed by atoms with E-state index in [2.05, 4.69) is 9.97 Å². The molecule has 0 aliphatic heterocycles. The van der Waals surface area contributed by atoms with Crippen LogP contribution >= 0.6 is 34.0 Å². The van der Waals surface area contributed by atoms with Gasteiger partial charge in [-0.3, -0.25) is 14.5 Å². The summed E-state index contributed by atoms with van der Waals surface area (Å²) in [5, 5.41) is 7.11. The van der Waals surface area contributed by atoms with Crippen LogP contribution in [-0.2, 0) is 27.4 Å². The Hall–Kier alpha value is -2.88. The highest BCUT2D eigenvalue weighted by molar-refractivity contribution is 7.20. The Balaban J connectivity index is 1.36. The molecule has 0 fully saturated rings. The first-order chi connectivity index (χ1) is 14.6. The van der Waals surface area contributed by atoms with Crippen LogP contribution in [0.25, 0.3) is 9.88 Å². The van der Waals surface area contributed by atoms with E-state index in [1.165, 1.54) is 34.5 Å². The van der Waals surface area contributed by atoms with E-state index in [0.29, 0.717) is 16.5 Å². The topological polar surface area (TPSA) is 72.4 Å². The molecule has 0 saturated heterocycles. The number of hydrogen-bond acceptors (Lipinski definition) is 8. The second-order valence-electron chi connectivity index (χ2n) is 6.27. The number of amides is 1. The molecule has 9 heteroatoms. The Kier molecular flexibility index (Phi) is 6.32. The zero-order valence-corrected chi connectivity index (χ0v) is 18.4. The number of benzene rings is 1. The predicted octanol–water partition coefficient (Wildman–Crippen LogP) is 5.30. The molecule has 30 heavy (non-hydrogen) atoms. The minimum Gasteiger partial charge on any atom is -0.459 e. The van der Waals surface area contributed by atoms with E-state index in [1.54, 1.807) is 16.7 Å². The van der Waals surface area contributed by atoms with E-state index < -0.39 is 0 Å². The average Bonchev–Trinajstić information content (AvgIpc) is 3.49. The molecule has 0 spiro atoms. The zero-order chi connectivity index (χ0) is 20.9. The van der Waals surface area contributed by atoms with Gasteiger partial charge in [-0.25, -0.2) is 9.97 Å². The van der Waals surface area contributed by atoms with E-state index in [9.17, 15) is 9.59 Å². The van der Waals surface area contributed by atoms with Crippen LogP contribution in [0, 0.1) is 0 Å². The summed E-state index contributed by atoms with van der Waals surface area (Å²) in [6, 6.07) is 13.3. The third-order valence-corrected chi connectivity index (χ3v) is 6.86. The van der Waals surface area contributed by atoms with E-state index >= 15 is 0 Å². The molecule has 0 aliphatic carbocycles. The Labute approximate surface area is 185 Å². The summed E-state index contributed by atoms with van der Waals surface area (Å²) < 4.78 is 5.36. The van der Waals surface area contributed by atoms with Crippen LogP contribution < -0.4 is 4.90 Å². The van der Waals surface area contributed by atoms with Crippen molar-refractivity contribution in [3.05, 3.63) is 70.0 Å². The Bertz CT molecular complexity index is 1140. The van der Waals surface area contributed by atoms with Crippen molar-refractivity contribution in [2.75, 3.05) is 4.90 Å². The van der Waals surface area contributed by atoms with E-state index in [4.69, 9.17) is 4.74 Å². The third kappa shape index (κ3) is 4.81. The number of ether oxygens (including phenoxy) is 1. The lowest BCUT2D eigenvalue weighted by molar-refractivity contribution is -0.144. The van der Waals surface area contributed by atoms with Crippen LogP contribution in [0.15, 0.2) is 58.6 Å². The normalized spacial score (nSPS) is 10.7. The maximum Gasteiger partial charge on any atom is 0.312 e. The zero-order valence-electron chi connectivity index (χ0n) is 16.0. The van der Waals surface area contributed by atoms with E-state index in [0.717, 1.165) is 15.6 Å². The standard InChI is InChI=1S/C21H17N3O3S3/c1-14(25)24(17-6-3-2-4-7-17)21-23-16(13-30-21)11-27-19(26)10-15-12-29-20(22-15)18-8-5-9-28-18/h2-9,12-13H,10-11H2,1H3. The number of thiophene rings is 1. The summed E-state index contributed by atoms with van der Waals surface area (Å²) in [6.07, 6.45) is 0.114. The number of thiazole rings is 2. The second-order valence-corrected chi connectivity index (χ2v) is 8.91. The van der Waals surface area contributed by atoms with Crippen LogP contribution in [-0.4, -0.2) is 21.8 Å². The second kappa shape index (κ2) is 9.29. The van der Waals surface area contributed by atoms with E-state index in [1.807, 2.05) is 53.2 Å². The van der Waals surface area contributed by atoms with Crippen molar-refractivity contribution in [2.24, 2.45) is 0 Å². The summed E-state index contributed by atoms with van der Waals surface area (Å²) in [7, 11) is 0. The first kappa shape index (κ1) is 20.4. The summed E-state index contributed by atoms with van der Waals surface area (Å²) in [5.74, 6) is -0.497. The molecule has 1 aromatic carbocycles. The average molecular weight is 456 g/mol. The van der Waals surface area contributed by atoms with Gasteiger partial charge in [0.1, 0.15) is 11.6 Å². The number of hydrogen-bond donors (Lipinski definition) is 0. The molecule has 0 bridgehead atoms. The van der Waals surface area contributed by atoms with Gasteiger partial charge in [-0.2, -0.15) is 0 Å². The molecule has 4 aromatic rings. The fourth-order valence-corrected chi connectivity index (χ4v) is 5.23. The monoisotopic (exact) mass is 455 g/mol. The van der Waals surface area contributed by atoms with Gasteiger partial charge in [-0.05, 0) is 23.6 Å². The van der Waals surface area contributed by atoms with Gasteiger partial charge in [0.15, 0.2) is 5.13 Å². The molecule has 0 radical (unpaired) electrons. The van der Waals surface area contributed by atoms with Crippen LogP contribution in [0.4, 0.5) is 10.8 Å². The van der Waals surface area contributed by atoms with Crippen molar-refractivity contribution in [3.63, 3.8) is 0 Å². The molecular formula is C21H17N3O3S3. The van der Waals surface area contributed by atoms with Crippen LogP contribution in [0.2, 0.25) is 0 Å². The van der Waals surface area contributed by atoms with Crippen LogP contribution in [0.1, 0.15) is 18.3 Å². The molecule has 0 unspecified atom stereocenters. The van der Waals surface area contributed by atoms with Gasteiger partial charge in [0.25, 0.3) is 0 Å². The highest BCUT2D eigenvalue weighted by atomic mass is 32.1. The van der Waals surface area contributed by atoms with Gasteiger partial charge in [-0.1, -0.05) is 24.3 Å². The van der Waals surface area contributed by atoms with Gasteiger partial charge in [0, 0.05) is 17.7 Å². The van der Waals surface area contributed by atoms with Gasteiger partial charge < -0.3 is 4.74 Å². The van der Waals surface area contributed by atoms with Crippen molar-refractivity contribution in [1.82, 2.24) is 9.97 Å². The van der Waals surface area contributed by atoms with Gasteiger partial charge in [0.2, 0.25) is 5.91 Å². The maximum atomic E-state index is 12.2. The van der Waals surface area contributed by atoms with Gasteiger partial charge in [-0.15, -0.1) is 34.0 Å². The first-order valence-corrected chi connectivity index (χ1v) is 11.7. The van der Waals surface area contributed by atoms with Gasteiger partial charge >= 0.3 is 5.97 Å². The fourth-order valence-electron chi connectivity index (χ4n) is 2.72. The molecule has 152 valence electrons. The van der Waals surface area contributed by atoms with Gasteiger partial charge in [0.05, 0.1) is 28.4 Å². The quantitative estimate of drug-likeness (QED) is 0.354. The summed E-state index contributed by atoms with van der Waals surface area (Å²) in [4.78, 5) is 35.9.